The monoisotopic (exact) mass is 704 g/mol. The number of allylic oxidation sites excluding steroid dienone is 8. The Morgan fingerprint density at radius 3 is 1.68 bits per heavy atom. The Labute approximate surface area is 306 Å². The first-order chi connectivity index (χ1) is 24.1. The van der Waals surface area contributed by atoms with Crippen LogP contribution in [0.3, 0.4) is 0 Å². The van der Waals surface area contributed by atoms with E-state index in [4.69, 9.17) is 14.2 Å². The number of carboxylic acid groups (broad SMARTS) is 1. The number of carboxylic acids is 1. The van der Waals surface area contributed by atoms with Gasteiger partial charge >= 0.3 is 11.9 Å². The number of nitrogens with zero attached hydrogens (tertiary/aromatic N) is 1. The van der Waals surface area contributed by atoms with Gasteiger partial charge in [-0.3, -0.25) is 9.59 Å². The number of likely N-dealkylation sites (N-methyl/N-ethyl adjacent to an activating group) is 1. The number of carbonyl (C=O) groups is 3. The average molecular weight is 704 g/mol. The highest BCUT2D eigenvalue weighted by Crippen LogP contribution is 2.12. The summed E-state index contributed by atoms with van der Waals surface area (Å²) in [6.07, 6.45) is 37.0. The lowest BCUT2D eigenvalue weighted by Crippen LogP contribution is -2.55. The van der Waals surface area contributed by atoms with Crippen LogP contribution in [0.5, 0.6) is 0 Å². The van der Waals surface area contributed by atoms with Crippen LogP contribution < -0.4 is 5.11 Å². The Balaban J connectivity index is 4.45. The van der Waals surface area contributed by atoms with E-state index in [2.05, 4.69) is 62.5 Å². The van der Waals surface area contributed by atoms with E-state index in [1.54, 1.807) is 21.1 Å². The van der Waals surface area contributed by atoms with E-state index in [1.807, 2.05) is 0 Å². The molecule has 2 atom stereocenters. The van der Waals surface area contributed by atoms with Crippen LogP contribution in [0, 0.1) is 0 Å². The molecule has 0 spiro atoms. The zero-order valence-electron chi connectivity index (χ0n) is 32.5. The number of quaternary nitrogens is 1. The zero-order valence-corrected chi connectivity index (χ0v) is 32.5. The molecule has 0 heterocycles. The molecular weight excluding hydrogens is 630 g/mol. The van der Waals surface area contributed by atoms with Crippen molar-refractivity contribution < 1.29 is 38.2 Å². The van der Waals surface area contributed by atoms with E-state index >= 15 is 0 Å². The largest absolute Gasteiger partial charge is 0.544 e. The second kappa shape index (κ2) is 33.4. The lowest BCUT2D eigenvalue weighted by Gasteiger charge is -2.34. The fourth-order valence-electron chi connectivity index (χ4n) is 5.36. The molecule has 8 nitrogen and oxygen atoms in total. The summed E-state index contributed by atoms with van der Waals surface area (Å²) in [4.78, 5) is 36.7. The van der Waals surface area contributed by atoms with E-state index in [0.717, 1.165) is 89.9 Å². The second-order valence-electron chi connectivity index (χ2n) is 14.1. The summed E-state index contributed by atoms with van der Waals surface area (Å²) in [6.45, 7) is 4.46. The van der Waals surface area contributed by atoms with Gasteiger partial charge in [0.2, 0.25) is 0 Å². The van der Waals surface area contributed by atoms with Crippen LogP contribution in [-0.2, 0) is 28.6 Å². The predicted molar refractivity (Wildman–Crippen MR) is 203 cm³/mol. The number of ether oxygens (including phenoxy) is 3. The number of aliphatic carboxylic acids is 1. The molecule has 2 unspecified atom stereocenters. The minimum atomic E-state index is -1.13. The quantitative estimate of drug-likeness (QED) is 0.0286. The topological polar surface area (TPSA) is 102 Å². The predicted octanol–water partition coefficient (Wildman–Crippen LogP) is 8.74. The molecule has 0 rings (SSSR count). The number of esters is 2. The van der Waals surface area contributed by atoms with E-state index in [0.29, 0.717) is 12.8 Å². The van der Waals surface area contributed by atoms with E-state index < -0.39 is 18.1 Å². The molecular formula is C42H73NO7. The van der Waals surface area contributed by atoms with Gasteiger partial charge in [0.05, 0.1) is 40.3 Å². The number of hydrogen-bond donors (Lipinski definition) is 0. The zero-order chi connectivity index (χ0) is 37.1. The molecule has 0 fully saturated rings. The number of rotatable bonds is 34. The fraction of sp³-hybridized carbons (Fsp3) is 0.738. The molecule has 0 radical (unpaired) electrons. The fourth-order valence-corrected chi connectivity index (χ4v) is 5.36. The highest BCUT2D eigenvalue weighted by molar-refractivity contribution is 5.70. The lowest BCUT2D eigenvalue weighted by atomic mass is 10.1. The molecule has 0 amide bonds. The third kappa shape index (κ3) is 31.3. The van der Waals surface area contributed by atoms with Gasteiger partial charge in [0.15, 0.2) is 6.10 Å². The Morgan fingerprint density at radius 2 is 1.12 bits per heavy atom. The molecule has 0 bridgehead atoms. The molecule has 0 saturated heterocycles. The van der Waals surface area contributed by atoms with Crippen molar-refractivity contribution in [3.8, 4) is 0 Å². The van der Waals surface area contributed by atoms with E-state index in [9.17, 15) is 19.5 Å². The lowest BCUT2D eigenvalue weighted by molar-refractivity contribution is -0.889. The Kier molecular flexibility index (Phi) is 31.6. The molecule has 0 aliphatic heterocycles. The minimum Gasteiger partial charge on any atom is -0.544 e. The Morgan fingerprint density at radius 1 is 0.620 bits per heavy atom. The Bertz CT molecular complexity index is 964. The first kappa shape index (κ1) is 47.3. The van der Waals surface area contributed by atoms with Gasteiger partial charge in [0.25, 0.3) is 0 Å². The number of unbranched alkanes of at least 4 members (excludes halogenated alkanes) is 12. The van der Waals surface area contributed by atoms with E-state index in [1.165, 1.54) is 25.7 Å². The van der Waals surface area contributed by atoms with Crippen LogP contribution in [-0.4, -0.2) is 75.5 Å². The molecule has 0 aromatic heterocycles. The normalized spacial score (nSPS) is 13.5. The third-order valence-corrected chi connectivity index (χ3v) is 8.45. The molecule has 50 heavy (non-hydrogen) atoms. The van der Waals surface area contributed by atoms with Crippen LogP contribution in [0.25, 0.3) is 0 Å². The van der Waals surface area contributed by atoms with Crippen molar-refractivity contribution in [2.45, 2.75) is 161 Å². The van der Waals surface area contributed by atoms with Gasteiger partial charge in [-0.05, 0) is 64.2 Å². The highest BCUT2D eigenvalue weighted by atomic mass is 16.6. The van der Waals surface area contributed by atoms with Crippen molar-refractivity contribution >= 4 is 17.9 Å². The van der Waals surface area contributed by atoms with Gasteiger partial charge in [0, 0.05) is 19.3 Å². The standard InChI is InChI=1S/C42H73NO7/c1-6-8-10-12-14-16-18-19-20-21-23-25-27-29-31-33-41(45)50-38(36-48-35-34-39(42(46)47)43(3,4)5)37-49-40(44)32-30-28-26-24-22-17-15-13-11-9-7-2/h8,10,13-16,19-20,38-39H,6-7,9,11-12,17-18,21-37H2,1-5H3/b10-8-,15-13-,16-14-,20-19-. The summed E-state index contributed by atoms with van der Waals surface area (Å²) in [5, 5.41) is 11.6. The maximum atomic E-state index is 12.6. The highest BCUT2D eigenvalue weighted by Gasteiger charge is 2.25. The van der Waals surface area contributed by atoms with Crippen molar-refractivity contribution in [3.63, 3.8) is 0 Å². The van der Waals surface area contributed by atoms with Crippen LogP contribution >= 0.6 is 0 Å². The summed E-state index contributed by atoms with van der Waals surface area (Å²) >= 11 is 0. The van der Waals surface area contributed by atoms with Crippen LogP contribution in [0.2, 0.25) is 0 Å². The molecule has 0 aromatic rings. The van der Waals surface area contributed by atoms with Crippen molar-refractivity contribution in [2.75, 3.05) is 41.0 Å². The maximum absolute atomic E-state index is 12.6. The average Bonchev–Trinajstić information content (AvgIpc) is 3.06. The Hall–Kier alpha value is -2.71. The molecule has 288 valence electrons. The van der Waals surface area contributed by atoms with Crippen molar-refractivity contribution in [1.29, 1.82) is 0 Å². The molecule has 8 heteroatoms. The number of carbonyl (C=O) groups excluding carboxylic acids is 3. The summed E-state index contributed by atoms with van der Waals surface area (Å²) in [7, 11) is 5.38. The van der Waals surface area contributed by atoms with E-state index in [-0.39, 0.29) is 42.7 Å². The second-order valence-corrected chi connectivity index (χ2v) is 14.1. The van der Waals surface area contributed by atoms with Gasteiger partial charge in [-0.1, -0.05) is 114 Å². The summed E-state index contributed by atoms with van der Waals surface area (Å²) in [5.74, 6) is -1.78. The van der Waals surface area contributed by atoms with Crippen molar-refractivity contribution in [2.24, 2.45) is 0 Å². The van der Waals surface area contributed by atoms with Crippen molar-refractivity contribution in [1.82, 2.24) is 0 Å². The van der Waals surface area contributed by atoms with Gasteiger partial charge in [-0.15, -0.1) is 0 Å². The summed E-state index contributed by atoms with van der Waals surface area (Å²) in [5.41, 5.74) is 0. The van der Waals surface area contributed by atoms with Gasteiger partial charge in [0.1, 0.15) is 12.6 Å². The van der Waals surface area contributed by atoms with Gasteiger partial charge < -0.3 is 28.6 Å². The van der Waals surface area contributed by atoms with Gasteiger partial charge in [-0.2, -0.15) is 0 Å². The summed E-state index contributed by atoms with van der Waals surface area (Å²) in [6, 6.07) is -0.729. The van der Waals surface area contributed by atoms with Crippen LogP contribution in [0.15, 0.2) is 48.6 Å². The molecule has 0 aliphatic carbocycles. The SMILES string of the molecule is CC/C=C\C/C=C\C/C=C\CCCCCCCC(=O)OC(COCCC(C(=O)[O-])[N+](C)(C)C)COC(=O)CCCCCCC/C=C\CCCC. The first-order valence-electron chi connectivity index (χ1n) is 19.7. The maximum Gasteiger partial charge on any atom is 0.306 e. The van der Waals surface area contributed by atoms with Crippen LogP contribution in [0.1, 0.15) is 149 Å². The van der Waals surface area contributed by atoms with Gasteiger partial charge in [-0.25, -0.2) is 0 Å². The molecule has 0 saturated carbocycles. The van der Waals surface area contributed by atoms with Crippen molar-refractivity contribution in [3.05, 3.63) is 48.6 Å². The smallest absolute Gasteiger partial charge is 0.306 e. The molecule has 0 aromatic carbocycles. The first-order valence-corrected chi connectivity index (χ1v) is 19.7. The number of hydrogen-bond acceptors (Lipinski definition) is 7. The summed E-state index contributed by atoms with van der Waals surface area (Å²) < 4.78 is 17.1. The third-order valence-electron chi connectivity index (χ3n) is 8.45. The minimum absolute atomic E-state index is 0.0298. The molecule has 0 aliphatic rings. The molecule has 0 N–H and O–H groups in total. The van der Waals surface area contributed by atoms with Crippen LogP contribution in [0.4, 0.5) is 0 Å².